The zero-order chi connectivity index (χ0) is 21.8. The van der Waals surface area contributed by atoms with Gasteiger partial charge in [-0.3, -0.25) is 4.79 Å². The molecule has 1 aliphatic carbocycles. The Hall–Kier alpha value is -2.23. The van der Waals surface area contributed by atoms with E-state index in [1.165, 1.54) is 56.3 Å². The molecule has 0 radical (unpaired) electrons. The highest BCUT2D eigenvalue weighted by atomic mass is 16.1. The first-order valence-corrected chi connectivity index (χ1v) is 12.5. The number of amides is 1. The number of hydrogen-bond donors (Lipinski definition) is 1. The lowest BCUT2D eigenvalue weighted by Crippen LogP contribution is -2.18. The van der Waals surface area contributed by atoms with Gasteiger partial charge in [0.25, 0.3) is 5.91 Å². The quantitative estimate of drug-likeness (QED) is 0.561. The maximum Gasteiger partial charge on any atom is 0.251 e. The van der Waals surface area contributed by atoms with Gasteiger partial charge in [-0.1, -0.05) is 44.7 Å². The number of aromatic nitrogens is 1. The molecule has 1 saturated carbocycles. The van der Waals surface area contributed by atoms with Gasteiger partial charge in [0.2, 0.25) is 0 Å². The van der Waals surface area contributed by atoms with Gasteiger partial charge in [-0.15, -0.1) is 0 Å². The normalized spacial score (nSPS) is 17.4. The van der Waals surface area contributed by atoms with E-state index in [0.717, 1.165) is 61.3 Å². The summed E-state index contributed by atoms with van der Waals surface area (Å²) in [4.78, 5) is 15.1. The summed E-state index contributed by atoms with van der Waals surface area (Å²) in [6.07, 6.45) is 12.5. The number of anilines is 1. The van der Waals surface area contributed by atoms with Crippen molar-refractivity contribution in [2.24, 2.45) is 11.7 Å². The second-order valence-electron chi connectivity index (χ2n) is 9.61. The van der Waals surface area contributed by atoms with E-state index in [1.807, 2.05) is 0 Å². The van der Waals surface area contributed by atoms with Crippen LogP contribution in [0.25, 0.3) is 11.1 Å². The average Bonchev–Trinajstić information content (AvgIpc) is 3.41. The van der Waals surface area contributed by atoms with E-state index in [1.54, 1.807) is 0 Å². The number of benzene rings is 1. The second kappa shape index (κ2) is 9.93. The SMILES string of the molecule is CCCCc1c(-c2ccc(N3CCCC3)cc2)c(C(N)=O)c(C)n1CC1CCCCC1. The molecule has 1 aliphatic heterocycles. The van der Waals surface area contributed by atoms with Crippen LogP contribution in [0, 0.1) is 12.8 Å². The highest BCUT2D eigenvalue weighted by molar-refractivity contribution is 6.02. The maximum absolute atomic E-state index is 12.6. The van der Waals surface area contributed by atoms with Gasteiger partial charge in [-0.05, 0) is 69.1 Å². The molecule has 31 heavy (non-hydrogen) atoms. The fourth-order valence-corrected chi connectivity index (χ4v) is 5.70. The fourth-order valence-electron chi connectivity index (χ4n) is 5.70. The summed E-state index contributed by atoms with van der Waals surface area (Å²) in [5, 5.41) is 0. The third-order valence-corrected chi connectivity index (χ3v) is 7.44. The van der Waals surface area contributed by atoms with Crippen LogP contribution in [0.4, 0.5) is 5.69 Å². The molecule has 1 aromatic heterocycles. The van der Waals surface area contributed by atoms with E-state index in [2.05, 4.69) is 47.6 Å². The number of primary amides is 1. The molecule has 4 rings (SSSR count). The Morgan fingerprint density at radius 2 is 1.71 bits per heavy atom. The van der Waals surface area contributed by atoms with Crippen molar-refractivity contribution in [2.75, 3.05) is 18.0 Å². The van der Waals surface area contributed by atoms with Gasteiger partial charge in [-0.25, -0.2) is 0 Å². The Bertz CT molecular complexity index is 884. The van der Waals surface area contributed by atoms with Crippen molar-refractivity contribution in [1.82, 2.24) is 4.57 Å². The van der Waals surface area contributed by atoms with Gasteiger partial charge in [0.15, 0.2) is 0 Å². The Morgan fingerprint density at radius 1 is 1.03 bits per heavy atom. The minimum absolute atomic E-state index is 0.295. The van der Waals surface area contributed by atoms with E-state index in [9.17, 15) is 4.79 Å². The van der Waals surface area contributed by atoms with E-state index < -0.39 is 0 Å². The first kappa shape index (κ1) is 22.0. The molecule has 2 N–H and O–H groups in total. The van der Waals surface area contributed by atoms with Crippen LogP contribution in [0.1, 0.15) is 86.5 Å². The third kappa shape index (κ3) is 4.68. The standard InChI is InChI=1S/C27H39N3O/c1-3-4-12-24-26(22-13-15-23(16-14-22)29-17-8-9-18-29)25(27(28)31)20(2)30(24)19-21-10-6-5-7-11-21/h13-16,21H,3-12,17-19H2,1-2H3,(H2,28,31). The smallest absolute Gasteiger partial charge is 0.251 e. The molecule has 2 aromatic rings. The largest absolute Gasteiger partial charge is 0.372 e. The molecule has 0 atom stereocenters. The van der Waals surface area contributed by atoms with Crippen LogP contribution in [0.3, 0.4) is 0 Å². The highest BCUT2D eigenvalue weighted by Crippen LogP contribution is 2.37. The van der Waals surface area contributed by atoms with E-state index in [4.69, 9.17) is 5.73 Å². The number of nitrogens with two attached hydrogens (primary N) is 1. The molecule has 0 spiro atoms. The van der Waals surface area contributed by atoms with Gasteiger partial charge >= 0.3 is 0 Å². The molecule has 0 bridgehead atoms. The Kier molecular flexibility index (Phi) is 7.04. The van der Waals surface area contributed by atoms with E-state index in [0.29, 0.717) is 5.92 Å². The predicted octanol–water partition coefficient (Wildman–Crippen LogP) is 6.09. The van der Waals surface area contributed by atoms with Gasteiger partial charge in [-0.2, -0.15) is 0 Å². The fraction of sp³-hybridized carbons (Fsp3) is 0.593. The van der Waals surface area contributed by atoms with Crippen LogP contribution in [0.5, 0.6) is 0 Å². The zero-order valence-corrected chi connectivity index (χ0v) is 19.5. The first-order valence-electron chi connectivity index (χ1n) is 12.5. The Labute approximate surface area is 187 Å². The predicted molar refractivity (Wildman–Crippen MR) is 130 cm³/mol. The van der Waals surface area contributed by atoms with Crippen molar-refractivity contribution in [3.8, 4) is 11.1 Å². The summed E-state index contributed by atoms with van der Waals surface area (Å²) in [5.74, 6) is 0.419. The van der Waals surface area contributed by atoms with Gasteiger partial charge in [0.1, 0.15) is 0 Å². The van der Waals surface area contributed by atoms with Crippen LogP contribution >= 0.6 is 0 Å². The summed E-state index contributed by atoms with van der Waals surface area (Å²) in [6.45, 7) is 7.65. The van der Waals surface area contributed by atoms with Crippen molar-refractivity contribution in [2.45, 2.75) is 84.6 Å². The Morgan fingerprint density at radius 3 is 2.32 bits per heavy atom. The van der Waals surface area contributed by atoms with Crippen LogP contribution in [0.2, 0.25) is 0 Å². The molecule has 4 nitrogen and oxygen atoms in total. The van der Waals surface area contributed by atoms with Crippen molar-refractivity contribution < 1.29 is 4.79 Å². The molecular weight excluding hydrogens is 382 g/mol. The van der Waals surface area contributed by atoms with Crippen LogP contribution in [-0.2, 0) is 13.0 Å². The summed E-state index contributed by atoms with van der Waals surface area (Å²) < 4.78 is 2.45. The minimum atomic E-state index is -0.295. The van der Waals surface area contributed by atoms with E-state index >= 15 is 0 Å². The van der Waals surface area contributed by atoms with Crippen molar-refractivity contribution in [1.29, 1.82) is 0 Å². The molecule has 2 aliphatic rings. The lowest BCUT2D eigenvalue weighted by molar-refractivity contribution is 0.1000. The second-order valence-corrected chi connectivity index (χ2v) is 9.61. The molecule has 4 heteroatoms. The van der Waals surface area contributed by atoms with Crippen LogP contribution < -0.4 is 10.6 Å². The summed E-state index contributed by atoms with van der Waals surface area (Å²) in [6, 6.07) is 8.86. The maximum atomic E-state index is 12.6. The van der Waals surface area contributed by atoms with Crippen LogP contribution in [-0.4, -0.2) is 23.6 Å². The molecule has 1 saturated heterocycles. The topological polar surface area (TPSA) is 51.3 Å². The highest BCUT2D eigenvalue weighted by Gasteiger charge is 2.26. The Balaban J connectivity index is 1.75. The lowest BCUT2D eigenvalue weighted by Gasteiger charge is -2.24. The first-order chi connectivity index (χ1) is 15.1. The number of carbonyl (C=O) groups is 1. The molecule has 2 fully saturated rings. The zero-order valence-electron chi connectivity index (χ0n) is 19.5. The summed E-state index contributed by atoms with van der Waals surface area (Å²) in [7, 11) is 0. The molecule has 1 aromatic carbocycles. The molecule has 1 amide bonds. The monoisotopic (exact) mass is 421 g/mol. The molecule has 0 unspecified atom stereocenters. The van der Waals surface area contributed by atoms with Gasteiger partial charge in [0.05, 0.1) is 5.56 Å². The molecule has 168 valence electrons. The van der Waals surface area contributed by atoms with Gasteiger partial charge in [0, 0.05) is 42.3 Å². The summed E-state index contributed by atoms with van der Waals surface area (Å²) >= 11 is 0. The van der Waals surface area contributed by atoms with Crippen molar-refractivity contribution in [3.63, 3.8) is 0 Å². The molecular formula is C27H39N3O. The van der Waals surface area contributed by atoms with E-state index in [-0.39, 0.29) is 5.91 Å². The number of unbranched alkanes of at least 4 members (excludes halogenated alkanes) is 1. The summed E-state index contributed by atoms with van der Waals surface area (Å²) in [5.41, 5.74) is 12.6. The van der Waals surface area contributed by atoms with Gasteiger partial charge < -0.3 is 15.2 Å². The number of rotatable bonds is 8. The van der Waals surface area contributed by atoms with Crippen molar-refractivity contribution >= 4 is 11.6 Å². The number of hydrogen-bond acceptors (Lipinski definition) is 2. The third-order valence-electron chi connectivity index (χ3n) is 7.44. The lowest BCUT2D eigenvalue weighted by atomic mass is 9.89. The van der Waals surface area contributed by atoms with Crippen LogP contribution in [0.15, 0.2) is 24.3 Å². The number of carbonyl (C=O) groups excluding carboxylic acids is 1. The molecule has 2 heterocycles. The average molecular weight is 422 g/mol. The minimum Gasteiger partial charge on any atom is -0.372 e. The number of nitrogens with zero attached hydrogens (tertiary/aromatic N) is 2. The van der Waals surface area contributed by atoms with Crippen molar-refractivity contribution in [3.05, 3.63) is 41.2 Å².